The van der Waals surface area contributed by atoms with Gasteiger partial charge in [0.2, 0.25) is 0 Å². The first kappa shape index (κ1) is 16.3. The van der Waals surface area contributed by atoms with Crippen LogP contribution in [-0.4, -0.2) is 25.9 Å². The summed E-state index contributed by atoms with van der Waals surface area (Å²) in [6, 6.07) is 8.32. The molecule has 0 unspecified atom stereocenters. The molecular weight excluding hydrogens is 326 g/mol. The Kier molecular flexibility index (Phi) is 5.41. The summed E-state index contributed by atoms with van der Waals surface area (Å²) in [6.45, 7) is 1.74. The Morgan fingerprint density at radius 1 is 1.14 bits per heavy atom. The maximum atomic E-state index is 12.0. The third kappa shape index (κ3) is 3.78. The summed E-state index contributed by atoms with van der Waals surface area (Å²) >= 11 is 7.22. The van der Waals surface area contributed by atoms with Crippen LogP contribution in [0.3, 0.4) is 0 Å². The first-order valence-corrected chi connectivity index (χ1v) is 7.48. The van der Waals surface area contributed by atoms with E-state index in [9.17, 15) is 4.79 Å². The number of nitrogens with zero attached hydrogens (tertiary/aromatic N) is 1. The molecule has 0 saturated carbocycles. The van der Waals surface area contributed by atoms with E-state index in [1.165, 1.54) is 31.6 Å². The molecule has 22 heavy (non-hydrogen) atoms. The average molecular weight is 340 g/mol. The van der Waals surface area contributed by atoms with Crippen molar-refractivity contribution in [3.05, 3.63) is 45.1 Å². The van der Waals surface area contributed by atoms with E-state index in [-0.39, 0.29) is 0 Å². The highest BCUT2D eigenvalue weighted by Crippen LogP contribution is 2.28. The lowest BCUT2D eigenvalue weighted by atomic mass is 10.2. The molecule has 0 fully saturated rings. The van der Waals surface area contributed by atoms with Crippen LogP contribution in [-0.2, 0) is 4.84 Å². The fourth-order valence-corrected chi connectivity index (χ4v) is 2.66. The molecule has 1 aromatic heterocycles. The lowest BCUT2D eigenvalue weighted by Crippen LogP contribution is -2.04. The van der Waals surface area contributed by atoms with E-state index in [2.05, 4.69) is 5.16 Å². The van der Waals surface area contributed by atoms with E-state index in [4.69, 9.17) is 25.9 Å². The highest BCUT2D eigenvalue weighted by atomic mass is 35.5. The van der Waals surface area contributed by atoms with Gasteiger partial charge in [-0.3, -0.25) is 0 Å². The summed E-state index contributed by atoms with van der Waals surface area (Å²) < 4.78 is 10.9. The molecule has 2 rings (SSSR count). The molecule has 0 bridgehead atoms. The van der Waals surface area contributed by atoms with E-state index in [0.29, 0.717) is 27.1 Å². The number of ether oxygens (including phenoxy) is 2. The first-order chi connectivity index (χ1) is 10.5. The number of rotatable bonds is 5. The molecule has 7 heteroatoms. The van der Waals surface area contributed by atoms with Crippen molar-refractivity contribution in [2.75, 3.05) is 14.2 Å². The summed E-state index contributed by atoms with van der Waals surface area (Å²) in [5, 5.41) is 3.83. The molecular formula is C15H14ClNO4S. The zero-order valence-corrected chi connectivity index (χ0v) is 13.8. The van der Waals surface area contributed by atoms with Crippen molar-refractivity contribution >= 4 is 34.6 Å². The number of methoxy groups -OCH3 is 2. The van der Waals surface area contributed by atoms with E-state index in [0.717, 1.165) is 4.88 Å². The van der Waals surface area contributed by atoms with Crippen LogP contribution in [0.5, 0.6) is 11.5 Å². The molecule has 0 spiro atoms. The summed E-state index contributed by atoms with van der Waals surface area (Å²) in [6.07, 6.45) is 0. The van der Waals surface area contributed by atoms with Crippen LogP contribution in [0.2, 0.25) is 4.34 Å². The van der Waals surface area contributed by atoms with Gasteiger partial charge in [0.25, 0.3) is 0 Å². The lowest BCUT2D eigenvalue weighted by molar-refractivity contribution is 0.0516. The van der Waals surface area contributed by atoms with Crippen LogP contribution >= 0.6 is 22.9 Å². The Morgan fingerprint density at radius 2 is 1.86 bits per heavy atom. The van der Waals surface area contributed by atoms with Gasteiger partial charge in [-0.25, -0.2) is 4.79 Å². The zero-order valence-electron chi connectivity index (χ0n) is 12.3. The minimum atomic E-state index is -0.581. The van der Waals surface area contributed by atoms with Crippen LogP contribution in [0, 0.1) is 0 Å². The Hall–Kier alpha value is -2.05. The van der Waals surface area contributed by atoms with Crippen LogP contribution in [0.25, 0.3) is 0 Å². The van der Waals surface area contributed by atoms with Crippen LogP contribution in [0.15, 0.2) is 35.5 Å². The SMILES string of the molecule is COc1ccc(C(=O)ON=C(C)c2ccc(Cl)s2)cc1OC. The standard InChI is InChI=1S/C15H14ClNO4S/c1-9(13-6-7-14(16)22-13)17-21-15(18)10-4-5-11(19-2)12(8-10)20-3/h4-8H,1-3H3. The zero-order chi connectivity index (χ0) is 16.1. The van der Waals surface area contributed by atoms with Crippen molar-refractivity contribution in [3.63, 3.8) is 0 Å². The summed E-state index contributed by atoms with van der Waals surface area (Å²) in [5.74, 6) is 0.401. The highest BCUT2D eigenvalue weighted by Gasteiger charge is 2.12. The van der Waals surface area contributed by atoms with Gasteiger partial charge in [0.05, 0.1) is 34.7 Å². The Morgan fingerprint density at radius 3 is 2.45 bits per heavy atom. The van der Waals surface area contributed by atoms with Crippen molar-refractivity contribution in [1.82, 2.24) is 0 Å². The fraction of sp³-hybridized carbons (Fsp3) is 0.200. The molecule has 1 aromatic carbocycles. The molecule has 0 aliphatic carbocycles. The summed E-state index contributed by atoms with van der Waals surface area (Å²) in [4.78, 5) is 17.8. The number of carbonyl (C=O) groups is 1. The molecule has 0 amide bonds. The molecule has 2 aromatic rings. The minimum absolute atomic E-state index is 0.318. The van der Waals surface area contributed by atoms with Crippen LogP contribution in [0.1, 0.15) is 22.2 Å². The summed E-state index contributed by atoms with van der Waals surface area (Å²) in [5.41, 5.74) is 0.893. The molecule has 0 aliphatic rings. The second-order valence-electron chi connectivity index (χ2n) is 4.23. The molecule has 0 atom stereocenters. The third-order valence-corrected chi connectivity index (χ3v) is 4.15. The fourth-order valence-electron chi connectivity index (χ4n) is 1.68. The van der Waals surface area contributed by atoms with Gasteiger partial charge >= 0.3 is 5.97 Å². The number of hydrogen-bond acceptors (Lipinski definition) is 6. The number of hydrogen-bond donors (Lipinski definition) is 0. The second kappa shape index (κ2) is 7.29. The van der Waals surface area contributed by atoms with Crippen molar-refractivity contribution in [1.29, 1.82) is 0 Å². The monoisotopic (exact) mass is 339 g/mol. The van der Waals surface area contributed by atoms with Gasteiger partial charge in [-0.15, -0.1) is 11.3 Å². The Bertz CT molecular complexity index is 711. The predicted octanol–water partition coefficient (Wildman–Crippen LogP) is 4.00. The molecule has 5 nitrogen and oxygen atoms in total. The van der Waals surface area contributed by atoms with Crippen molar-refractivity contribution in [3.8, 4) is 11.5 Å². The van der Waals surface area contributed by atoms with Gasteiger partial charge < -0.3 is 14.3 Å². The molecule has 0 N–H and O–H groups in total. The van der Waals surface area contributed by atoms with E-state index < -0.39 is 5.97 Å². The largest absolute Gasteiger partial charge is 0.493 e. The molecule has 0 saturated heterocycles. The van der Waals surface area contributed by atoms with Crippen molar-refractivity contribution in [2.24, 2.45) is 5.16 Å². The first-order valence-electron chi connectivity index (χ1n) is 6.29. The van der Waals surface area contributed by atoms with E-state index in [1.54, 1.807) is 25.1 Å². The van der Waals surface area contributed by atoms with Gasteiger partial charge in [-0.1, -0.05) is 16.8 Å². The molecule has 116 valence electrons. The second-order valence-corrected chi connectivity index (χ2v) is 5.94. The van der Waals surface area contributed by atoms with Crippen molar-refractivity contribution < 1.29 is 19.1 Å². The van der Waals surface area contributed by atoms with Crippen LogP contribution in [0.4, 0.5) is 0 Å². The average Bonchev–Trinajstić information content (AvgIpc) is 2.98. The normalized spacial score (nSPS) is 11.2. The van der Waals surface area contributed by atoms with Gasteiger partial charge in [0, 0.05) is 0 Å². The topological polar surface area (TPSA) is 57.1 Å². The number of thiophene rings is 1. The predicted molar refractivity (Wildman–Crippen MR) is 86.5 cm³/mol. The molecule has 0 aliphatic heterocycles. The maximum absolute atomic E-state index is 12.0. The number of carbonyl (C=O) groups excluding carboxylic acids is 1. The summed E-state index contributed by atoms with van der Waals surface area (Å²) in [7, 11) is 3.02. The number of benzene rings is 1. The lowest BCUT2D eigenvalue weighted by Gasteiger charge is -2.08. The smallest absolute Gasteiger partial charge is 0.365 e. The van der Waals surface area contributed by atoms with Gasteiger partial charge in [-0.2, -0.15) is 0 Å². The molecule has 0 radical (unpaired) electrons. The number of halogens is 1. The third-order valence-electron chi connectivity index (χ3n) is 2.81. The van der Waals surface area contributed by atoms with E-state index >= 15 is 0 Å². The Labute approximate surface area is 137 Å². The number of oxime groups is 1. The van der Waals surface area contributed by atoms with E-state index in [1.807, 2.05) is 6.07 Å². The maximum Gasteiger partial charge on any atom is 0.365 e. The van der Waals surface area contributed by atoms with Crippen molar-refractivity contribution in [2.45, 2.75) is 6.92 Å². The molecule has 1 heterocycles. The van der Waals surface area contributed by atoms with Gasteiger partial charge in [0.15, 0.2) is 11.5 Å². The quantitative estimate of drug-likeness (QED) is 0.469. The van der Waals surface area contributed by atoms with Gasteiger partial charge in [-0.05, 0) is 37.3 Å². The minimum Gasteiger partial charge on any atom is -0.493 e. The van der Waals surface area contributed by atoms with Gasteiger partial charge in [0.1, 0.15) is 0 Å². The van der Waals surface area contributed by atoms with Crippen LogP contribution < -0.4 is 9.47 Å². The Balaban J connectivity index is 2.12. The highest BCUT2D eigenvalue weighted by molar-refractivity contribution is 7.18.